The molecule has 0 bridgehead atoms. The quantitative estimate of drug-likeness (QED) is 0.475. The molecule has 0 aliphatic carbocycles. The minimum Gasteiger partial charge on any atom is -0.496 e. The third kappa shape index (κ3) is 3.89. The number of methoxy groups -OCH3 is 1. The summed E-state index contributed by atoms with van der Waals surface area (Å²) in [5, 5.41) is 10.9. The van der Waals surface area contributed by atoms with E-state index < -0.39 is 4.92 Å². The molecular weight excluding hydrogens is 368 g/mol. The normalized spacial score (nSPS) is 16.1. The summed E-state index contributed by atoms with van der Waals surface area (Å²) in [5.74, 6) is 2.76. The first-order chi connectivity index (χ1) is 14.0. The molecule has 2 aromatic carbocycles. The zero-order valence-electron chi connectivity index (χ0n) is 16.4. The molecule has 1 fully saturated rings. The maximum absolute atomic E-state index is 10.9. The third-order valence-corrected chi connectivity index (χ3v) is 5.27. The molecule has 1 atom stereocenters. The largest absolute Gasteiger partial charge is 0.496 e. The van der Waals surface area contributed by atoms with E-state index in [-0.39, 0.29) is 5.69 Å². The van der Waals surface area contributed by atoms with Crippen LogP contribution in [-0.4, -0.2) is 35.1 Å². The van der Waals surface area contributed by atoms with Crippen LogP contribution in [0.25, 0.3) is 11.4 Å². The smallest absolute Gasteiger partial charge is 0.269 e. The van der Waals surface area contributed by atoms with Crippen LogP contribution in [0.1, 0.15) is 23.6 Å². The van der Waals surface area contributed by atoms with Gasteiger partial charge in [-0.3, -0.25) is 10.1 Å². The first-order valence-electron chi connectivity index (χ1n) is 9.53. The van der Waals surface area contributed by atoms with E-state index in [1.54, 1.807) is 19.2 Å². The van der Waals surface area contributed by atoms with E-state index in [4.69, 9.17) is 9.72 Å². The van der Waals surface area contributed by atoms with Gasteiger partial charge in [0.15, 0.2) is 5.82 Å². The molecular formula is C22H22N4O3. The number of ether oxygens (including phenoxy) is 1. The van der Waals surface area contributed by atoms with Crippen molar-refractivity contribution in [2.24, 2.45) is 0 Å². The molecule has 0 N–H and O–H groups in total. The Labute approximate surface area is 169 Å². The van der Waals surface area contributed by atoms with Gasteiger partial charge < -0.3 is 9.64 Å². The molecule has 0 radical (unpaired) electrons. The van der Waals surface area contributed by atoms with Gasteiger partial charge in [-0.05, 0) is 37.1 Å². The van der Waals surface area contributed by atoms with Gasteiger partial charge in [0.05, 0.1) is 12.0 Å². The number of anilines is 1. The highest BCUT2D eigenvalue weighted by atomic mass is 16.6. The molecule has 29 heavy (non-hydrogen) atoms. The fourth-order valence-electron chi connectivity index (χ4n) is 3.80. The van der Waals surface area contributed by atoms with Gasteiger partial charge in [0.1, 0.15) is 11.6 Å². The van der Waals surface area contributed by atoms with Crippen molar-refractivity contribution in [3.63, 3.8) is 0 Å². The van der Waals surface area contributed by atoms with Crippen LogP contribution in [0.5, 0.6) is 5.75 Å². The third-order valence-electron chi connectivity index (χ3n) is 5.27. The SMILES string of the molecule is COc1ccccc1C1CCN(c2cc(C)nc(-c3ccc([N+](=O)[O-])cc3)n2)C1. The maximum atomic E-state index is 10.9. The Morgan fingerprint density at radius 1 is 1.14 bits per heavy atom. The molecule has 0 spiro atoms. The Morgan fingerprint density at radius 2 is 1.90 bits per heavy atom. The molecule has 1 aliphatic rings. The molecule has 0 amide bonds. The number of nitro groups is 1. The fourth-order valence-corrected chi connectivity index (χ4v) is 3.80. The van der Waals surface area contributed by atoms with Crippen molar-refractivity contribution in [1.82, 2.24) is 9.97 Å². The number of rotatable bonds is 5. The number of aryl methyl sites for hydroxylation is 1. The van der Waals surface area contributed by atoms with Crippen molar-refractivity contribution < 1.29 is 9.66 Å². The first kappa shape index (κ1) is 18.9. The number of non-ortho nitro benzene ring substituents is 1. The summed E-state index contributed by atoms with van der Waals surface area (Å²) in [7, 11) is 1.70. The van der Waals surface area contributed by atoms with E-state index in [1.807, 2.05) is 31.2 Å². The lowest BCUT2D eigenvalue weighted by Crippen LogP contribution is -2.21. The van der Waals surface area contributed by atoms with Crippen LogP contribution < -0.4 is 9.64 Å². The Hall–Kier alpha value is -3.48. The highest BCUT2D eigenvalue weighted by Gasteiger charge is 2.27. The van der Waals surface area contributed by atoms with Crippen LogP contribution in [0.4, 0.5) is 11.5 Å². The lowest BCUT2D eigenvalue weighted by atomic mass is 9.97. The van der Waals surface area contributed by atoms with Crippen molar-refractivity contribution in [1.29, 1.82) is 0 Å². The molecule has 7 nitrogen and oxygen atoms in total. The predicted molar refractivity (Wildman–Crippen MR) is 111 cm³/mol. The van der Waals surface area contributed by atoms with Crippen LogP contribution in [0.3, 0.4) is 0 Å². The summed E-state index contributed by atoms with van der Waals surface area (Å²) >= 11 is 0. The van der Waals surface area contributed by atoms with Crippen molar-refractivity contribution >= 4 is 11.5 Å². The number of hydrogen-bond donors (Lipinski definition) is 0. The van der Waals surface area contributed by atoms with Crippen LogP contribution in [-0.2, 0) is 0 Å². The van der Waals surface area contributed by atoms with Gasteiger partial charge >= 0.3 is 0 Å². The average Bonchev–Trinajstić information content (AvgIpc) is 3.23. The average molecular weight is 390 g/mol. The van der Waals surface area contributed by atoms with Gasteiger partial charge in [0.2, 0.25) is 0 Å². The van der Waals surface area contributed by atoms with E-state index in [0.717, 1.165) is 42.3 Å². The Bertz CT molecular complexity index is 1040. The highest BCUT2D eigenvalue weighted by molar-refractivity contribution is 5.60. The molecule has 1 saturated heterocycles. The van der Waals surface area contributed by atoms with Gasteiger partial charge in [-0.15, -0.1) is 0 Å². The summed E-state index contributed by atoms with van der Waals surface area (Å²) in [6.45, 7) is 3.70. The molecule has 0 saturated carbocycles. The monoisotopic (exact) mass is 390 g/mol. The van der Waals surface area contributed by atoms with Crippen LogP contribution in [0, 0.1) is 17.0 Å². The second-order valence-electron chi connectivity index (χ2n) is 7.17. The molecule has 3 aromatic rings. The minimum absolute atomic E-state index is 0.0563. The molecule has 148 valence electrons. The predicted octanol–water partition coefficient (Wildman–Crippen LogP) is 4.36. The maximum Gasteiger partial charge on any atom is 0.269 e. The van der Waals surface area contributed by atoms with E-state index in [0.29, 0.717) is 11.7 Å². The zero-order chi connectivity index (χ0) is 20.4. The van der Waals surface area contributed by atoms with Gasteiger partial charge in [-0.2, -0.15) is 0 Å². The van der Waals surface area contributed by atoms with Gasteiger partial charge in [0, 0.05) is 48.5 Å². The van der Waals surface area contributed by atoms with Crippen LogP contribution >= 0.6 is 0 Å². The van der Waals surface area contributed by atoms with E-state index in [9.17, 15) is 10.1 Å². The molecule has 1 aliphatic heterocycles. The highest BCUT2D eigenvalue weighted by Crippen LogP contribution is 2.35. The zero-order valence-corrected chi connectivity index (χ0v) is 16.4. The number of hydrogen-bond acceptors (Lipinski definition) is 6. The van der Waals surface area contributed by atoms with E-state index >= 15 is 0 Å². The van der Waals surface area contributed by atoms with E-state index in [1.165, 1.54) is 17.7 Å². The van der Waals surface area contributed by atoms with Crippen LogP contribution in [0.15, 0.2) is 54.6 Å². The second kappa shape index (κ2) is 7.87. The number of para-hydroxylation sites is 1. The summed E-state index contributed by atoms with van der Waals surface area (Å²) in [5.41, 5.74) is 2.91. The van der Waals surface area contributed by atoms with Crippen molar-refractivity contribution in [3.8, 4) is 17.1 Å². The number of nitro benzene ring substituents is 1. The lowest BCUT2D eigenvalue weighted by molar-refractivity contribution is -0.384. The second-order valence-corrected chi connectivity index (χ2v) is 7.17. The van der Waals surface area contributed by atoms with Gasteiger partial charge in [-0.25, -0.2) is 9.97 Å². The van der Waals surface area contributed by atoms with Crippen molar-refractivity contribution in [2.75, 3.05) is 25.1 Å². The number of benzene rings is 2. The Kier molecular flexibility index (Phi) is 5.12. The lowest BCUT2D eigenvalue weighted by Gasteiger charge is -2.19. The Balaban J connectivity index is 1.59. The summed E-state index contributed by atoms with van der Waals surface area (Å²) in [6.07, 6.45) is 1.02. The van der Waals surface area contributed by atoms with Gasteiger partial charge in [-0.1, -0.05) is 18.2 Å². The summed E-state index contributed by atoms with van der Waals surface area (Å²) in [6, 6.07) is 16.5. The van der Waals surface area contributed by atoms with E-state index in [2.05, 4.69) is 16.0 Å². The molecule has 7 heteroatoms. The van der Waals surface area contributed by atoms with Gasteiger partial charge in [0.25, 0.3) is 5.69 Å². The topological polar surface area (TPSA) is 81.4 Å². The van der Waals surface area contributed by atoms with Crippen molar-refractivity contribution in [2.45, 2.75) is 19.3 Å². The van der Waals surface area contributed by atoms with Crippen LogP contribution in [0.2, 0.25) is 0 Å². The molecule has 2 heterocycles. The fraction of sp³-hybridized carbons (Fsp3) is 0.273. The molecule has 1 unspecified atom stereocenters. The first-order valence-corrected chi connectivity index (χ1v) is 9.53. The number of nitrogens with zero attached hydrogens (tertiary/aromatic N) is 4. The summed E-state index contributed by atoms with van der Waals surface area (Å²) < 4.78 is 5.53. The summed E-state index contributed by atoms with van der Waals surface area (Å²) in [4.78, 5) is 22.0. The molecule has 4 rings (SSSR count). The Morgan fingerprint density at radius 3 is 2.62 bits per heavy atom. The number of aromatic nitrogens is 2. The van der Waals surface area contributed by atoms with Crippen molar-refractivity contribution in [3.05, 3.63) is 76.0 Å². The standard InChI is InChI=1S/C22H22N4O3/c1-15-13-21(24-22(23-15)16-7-9-18(10-8-16)26(27)28)25-12-11-17(14-25)19-5-3-4-6-20(19)29-2/h3-10,13,17H,11-12,14H2,1-2H3. The minimum atomic E-state index is -0.408. The molecule has 1 aromatic heterocycles.